The highest BCUT2D eigenvalue weighted by Crippen LogP contribution is 2.36. The minimum Gasteiger partial charge on any atom is -0.311 e. The molecule has 0 aromatic heterocycles. The van der Waals surface area contributed by atoms with Crippen molar-refractivity contribution in [1.82, 2.24) is 0 Å². The number of nitrogens with zero attached hydrogens (tertiary/aromatic N) is 1. The molecule has 0 aliphatic carbocycles. The molecule has 1 nitrogen and oxygen atoms in total. The van der Waals surface area contributed by atoms with E-state index >= 15 is 0 Å². The number of hydrogen-bond donors (Lipinski definition) is 0. The van der Waals surface area contributed by atoms with Crippen molar-refractivity contribution in [2.24, 2.45) is 0 Å². The molecule has 10 aromatic carbocycles. The van der Waals surface area contributed by atoms with Gasteiger partial charge in [-0.2, -0.15) is 0 Å². The maximum atomic E-state index is 2.43. The number of hydrogen-bond acceptors (Lipinski definition) is 1. The molecule has 0 spiro atoms. The predicted molar refractivity (Wildman–Crippen MR) is 243 cm³/mol. The Hall–Kier alpha value is -7.00. The van der Waals surface area contributed by atoms with Gasteiger partial charge in [0, 0.05) is 17.1 Å². The number of para-hydroxylation sites is 2. The van der Waals surface area contributed by atoms with Crippen LogP contribution < -0.4 is 25.6 Å². The minimum absolute atomic E-state index is 1.12. The molecule has 10 rings (SSSR count). The van der Waals surface area contributed by atoms with E-state index in [2.05, 4.69) is 241 Å². The average Bonchev–Trinajstić information content (AvgIpc) is 3.29. The second-order valence-corrected chi connectivity index (χ2v) is 18.2. The van der Waals surface area contributed by atoms with Crippen LogP contribution in [0.3, 0.4) is 0 Å². The maximum Gasteiger partial charge on any atom is 0.180 e. The van der Waals surface area contributed by atoms with Crippen molar-refractivity contribution in [3.8, 4) is 11.1 Å². The Kier molecular flexibility index (Phi) is 8.59. The molecule has 0 saturated carbocycles. The van der Waals surface area contributed by atoms with Gasteiger partial charge in [0.25, 0.3) is 0 Å². The largest absolute Gasteiger partial charge is 0.311 e. The third-order valence-electron chi connectivity index (χ3n) is 11.4. The molecular weight excluding hydrogens is 691 g/mol. The molecule has 0 heterocycles. The van der Waals surface area contributed by atoms with Crippen LogP contribution in [0.4, 0.5) is 17.1 Å². The topological polar surface area (TPSA) is 3.24 Å². The van der Waals surface area contributed by atoms with E-state index < -0.39 is 8.07 Å². The van der Waals surface area contributed by atoms with Gasteiger partial charge in [-0.1, -0.05) is 200 Å². The van der Waals surface area contributed by atoms with E-state index in [0.29, 0.717) is 0 Å². The van der Waals surface area contributed by atoms with Crippen molar-refractivity contribution in [2.75, 3.05) is 4.90 Å². The van der Waals surface area contributed by atoms with E-state index in [-0.39, 0.29) is 0 Å². The Bertz CT molecular complexity index is 2840. The molecule has 264 valence electrons. The third kappa shape index (κ3) is 5.62. The number of rotatable bonds is 8. The van der Waals surface area contributed by atoms with Crippen molar-refractivity contribution in [3.63, 3.8) is 0 Å². The Morgan fingerprint density at radius 3 is 1.14 bits per heavy atom. The van der Waals surface area contributed by atoms with Gasteiger partial charge in [0.1, 0.15) is 0 Å². The average molecular weight is 730 g/mol. The molecule has 10 aromatic rings. The van der Waals surface area contributed by atoms with E-state index in [1.807, 2.05) is 0 Å². The first-order valence-corrected chi connectivity index (χ1v) is 21.4. The highest BCUT2D eigenvalue weighted by molar-refractivity contribution is 7.20. The lowest BCUT2D eigenvalue weighted by Gasteiger charge is -2.36. The maximum absolute atomic E-state index is 3.03. The second-order valence-electron chi connectivity index (χ2n) is 14.4. The van der Waals surface area contributed by atoms with E-state index in [4.69, 9.17) is 0 Å². The zero-order chi connectivity index (χ0) is 37.3. The van der Waals surface area contributed by atoms with Crippen molar-refractivity contribution in [1.29, 1.82) is 0 Å². The van der Waals surface area contributed by atoms with Crippen LogP contribution in [0.25, 0.3) is 43.4 Å². The molecule has 56 heavy (non-hydrogen) atoms. The smallest absolute Gasteiger partial charge is 0.180 e. The summed E-state index contributed by atoms with van der Waals surface area (Å²) in [4.78, 5) is 2.35. The zero-order valence-corrected chi connectivity index (χ0v) is 32.0. The van der Waals surface area contributed by atoms with Crippen LogP contribution in [0.1, 0.15) is 0 Å². The van der Waals surface area contributed by atoms with Gasteiger partial charge in [-0.05, 0) is 101 Å². The van der Waals surface area contributed by atoms with Crippen molar-refractivity contribution in [2.45, 2.75) is 0 Å². The fourth-order valence-electron chi connectivity index (χ4n) is 8.93. The fourth-order valence-corrected chi connectivity index (χ4v) is 13.9. The lowest BCUT2D eigenvalue weighted by molar-refractivity contribution is 1.28. The summed E-state index contributed by atoms with van der Waals surface area (Å²) in [5.41, 5.74) is 5.82. The summed E-state index contributed by atoms with van der Waals surface area (Å²) in [6, 6.07) is 87.3. The molecular formula is C54H39NSi. The van der Waals surface area contributed by atoms with Gasteiger partial charge in [0.2, 0.25) is 0 Å². The number of fused-ring (bicyclic) bond motifs is 6. The summed E-state index contributed by atoms with van der Waals surface area (Å²) in [6.07, 6.45) is 0. The fraction of sp³-hybridized carbons (Fsp3) is 0. The van der Waals surface area contributed by atoms with E-state index in [0.717, 1.165) is 17.1 Å². The van der Waals surface area contributed by atoms with Crippen molar-refractivity contribution < 1.29 is 0 Å². The SMILES string of the molecule is c1ccc(-c2ccc([Si](c3ccccc3)(c3ccc(N(c4ccccc4)c4ccccc4)cc3)c3cccc4c5ccccc5c5ccccc5c34)cc2)cc1. The normalized spacial score (nSPS) is 12.4. The lowest BCUT2D eigenvalue weighted by Crippen LogP contribution is -2.74. The van der Waals surface area contributed by atoms with Gasteiger partial charge in [-0.3, -0.25) is 0 Å². The van der Waals surface area contributed by atoms with Crippen LogP contribution in [-0.4, -0.2) is 8.07 Å². The van der Waals surface area contributed by atoms with Gasteiger partial charge >= 0.3 is 0 Å². The van der Waals surface area contributed by atoms with Crippen LogP contribution in [0.2, 0.25) is 0 Å². The molecule has 0 bridgehead atoms. The second kappa shape index (κ2) is 14.3. The first kappa shape index (κ1) is 33.6. The highest BCUT2D eigenvalue weighted by atomic mass is 28.3. The molecule has 0 saturated heterocycles. The standard InChI is InChI=1S/C54H39NSi/c1-5-18-40(19-6-1)41-32-36-46(37-33-41)56(45-24-11-4-12-25-45,47-38-34-44(35-39-47)55(42-20-7-2-8-21-42)43-22-9-3-10-23-43)53-31-17-30-52-50-27-14-13-26-48(50)49-28-15-16-29-51(49)54(52)53/h1-39H. The van der Waals surface area contributed by atoms with Gasteiger partial charge < -0.3 is 4.90 Å². The van der Waals surface area contributed by atoms with Crippen molar-refractivity contribution in [3.05, 3.63) is 237 Å². The van der Waals surface area contributed by atoms with E-state index in [9.17, 15) is 0 Å². The molecule has 0 N–H and O–H groups in total. The molecule has 0 amide bonds. The quantitative estimate of drug-likeness (QED) is 0.0855. The molecule has 1 atom stereocenters. The van der Waals surface area contributed by atoms with Crippen LogP contribution in [0.5, 0.6) is 0 Å². The van der Waals surface area contributed by atoms with Crippen molar-refractivity contribution >= 4 is 78.2 Å². The van der Waals surface area contributed by atoms with Gasteiger partial charge in [-0.25, -0.2) is 0 Å². The Morgan fingerprint density at radius 1 is 0.250 bits per heavy atom. The number of anilines is 3. The van der Waals surface area contributed by atoms with Crippen LogP contribution in [-0.2, 0) is 0 Å². The third-order valence-corrected chi connectivity index (χ3v) is 16.2. The molecule has 2 heteroatoms. The van der Waals surface area contributed by atoms with E-state index in [1.165, 1.54) is 64.2 Å². The monoisotopic (exact) mass is 729 g/mol. The molecule has 0 aliphatic rings. The van der Waals surface area contributed by atoms with Gasteiger partial charge in [-0.15, -0.1) is 0 Å². The molecule has 0 aliphatic heterocycles. The number of benzene rings is 10. The Morgan fingerprint density at radius 2 is 0.607 bits per heavy atom. The van der Waals surface area contributed by atoms with Crippen LogP contribution in [0, 0.1) is 0 Å². The molecule has 0 fully saturated rings. The molecule has 0 radical (unpaired) electrons. The summed E-state index contributed by atoms with van der Waals surface area (Å²) in [6.45, 7) is 0. The van der Waals surface area contributed by atoms with Gasteiger partial charge in [0.05, 0.1) is 0 Å². The summed E-state index contributed by atoms with van der Waals surface area (Å²) >= 11 is 0. The lowest BCUT2D eigenvalue weighted by atomic mass is 9.94. The summed E-state index contributed by atoms with van der Waals surface area (Å²) in [5, 5.41) is 13.2. The zero-order valence-electron chi connectivity index (χ0n) is 31.0. The summed E-state index contributed by atoms with van der Waals surface area (Å²) < 4.78 is 0. The predicted octanol–water partition coefficient (Wildman–Crippen LogP) is 11.7. The Labute approximate surface area is 329 Å². The van der Waals surface area contributed by atoms with Crippen LogP contribution >= 0.6 is 0 Å². The van der Waals surface area contributed by atoms with Crippen LogP contribution in [0.15, 0.2) is 237 Å². The highest BCUT2D eigenvalue weighted by Gasteiger charge is 2.43. The Balaban J connectivity index is 1.29. The first-order valence-electron chi connectivity index (χ1n) is 19.4. The molecule has 1 unspecified atom stereocenters. The minimum atomic E-state index is -3.03. The van der Waals surface area contributed by atoms with E-state index in [1.54, 1.807) is 0 Å². The summed E-state index contributed by atoms with van der Waals surface area (Å²) in [5.74, 6) is 0. The first-order chi connectivity index (χ1) is 27.8. The van der Waals surface area contributed by atoms with Gasteiger partial charge in [0.15, 0.2) is 8.07 Å². The summed E-state index contributed by atoms with van der Waals surface area (Å²) in [7, 11) is -3.03.